The molecule has 0 spiro atoms. The van der Waals surface area contributed by atoms with E-state index in [4.69, 9.17) is 0 Å². The number of benzene rings is 2. The molecule has 0 saturated carbocycles. The van der Waals surface area contributed by atoms with E-state index in [1.165, 1.54) is 11.3 Å². The van der Waals surface area contributed by atoms with Gasteiger partial charge in [-0.05, 0) is 26.0 Å². The number of para-hydroxylation sites is 1. The van der Waals surface area contributed by atoms with Crippen LogP contribution < -0.4 is 10.9 Å². The first-order valence-electron chi connectivity index (χ1n) is 9.30. The van der Waals surface area contributed by atoms with Crippen LogP contribution in [0, 0.1) is 6.92 Å². The van der Waals surface area contributed by atoms with Crippen LogP contribution in [0.5, 0.6) is 0 Å². The van der Waals surface area contributed by atoms with E-state index in [2.05, 4.69) is 15.8 Å². The van der Waals surface area contributed by atoms with E-state index < -0.39 is 0 Å². The summed E-state index contributed by atoms with van der Waals surface area (Å²) in [7, 11) is 0. The van der Waals surface area contributed by atoms with Gasteiger partial charge in [-0.1, -0.05) is 48.5 Å². The average molecular weight is 404 g/mol. The van der Waals surface area contributed by atoms with Gasteiger partial charge in [0.05, 0.1) is 5.69 Å². The standard InChI is InChI=1S/C22H20N4O2S/c1-3-26-17-12-8-7-11-16(17)13-18(26)20(27)24-25-21(28)19-14(2)23-22(29-19)15-9-5-4-6-10-15/h4-13H,3H2,1-2H3,(H,24,27)(H,25,28). The molecule has 2 heterocycles. The highest BCUT2D eigenvalue weighted by molar-refractivity contribution is 7.17. The van der Waals surface area contributed by atoms with Crippen molar-refractivity contribution < 1.29 is 9.59 Å². The van der Waals surface area contributed by atoms with Gasteiger partial charge >= 0.3 is 0 Å². The Labute approximate surface area is 172 Å². The molecule has 146 valence electrons. The van der Waals surface area contributed by atoms with Crippen molar-refractivity contribution in [1.29, 1.82) is 0 Å². The number of hydrogen-bond donors (Lipinski definition) is 2. The number of rotatable bonds is 4. The zero-order valence-corrected chi connectivity index (χ0v) is 16.9. The minimum Gasteiger partial charge on any atom is -0.337 e. The number of carbonyl (C=O) groups excluding carboxylic acids is 2. The number of nitrogens with zero attached hydrogens (tertiary/aromatic N) is 2. The molecule has 0 fully saturated rings. The Hall–Kier alpha value is -3.45. The van der Waals surface area contributed by atoms with Gasteiger partial charge in [0.15, 0.2) is 0 Å². The Kier molecular flexibility index (Phi) is 5.14. The maximum atomic E-state index is 12.7. The zero-order chi connectivity index (χ0) is 20.4. The molecular formula is C22H20N4O2S. The first-order valence-corrected chi connectivity index (χ1v) is 10.1. The quantitative estimate of drug-likeness (QED) is 0.501. The molecule has 2 amide bonds. The van der Waals surface area contributed by atoms with Crippen molar-refractivity contribution in [1.82, 2.24) is 20.4 Å². The summed E-state index contributed by atoms with van der Waals surface area (Å²) in [6.45, 7) is 4.42. The third-order valence-corrected chi connectivity index (χ3v) is 5.88. The molecule has 6 nitrogen and oxygen atoms in total. The first kappa shape index (κ1) is 18.9. The number of nitrogens with one attached hydrogen (secondary N) is 2. The van der Waals surface area contributed by atoms with Gasteiger partial charge in [0, 0.05) is 23.0 Å². The molecule has 0 unspecified atom stereocenters. The van der Waals surface area contributed by atoms with E-state index >= 15 is 0 Å². The van der Waals surface area contributed by atoms with E-state index in [1.807, 2.05) is 72.2 Å². The fourth-order valence-electron chi connectivity index (χ4n) is 3.28. The Bertz CT molecular complexity index is 1190. The van der Waals surface area contributed by atoms with Gasteiger partial charge in [-0.15, -0.1) is 11.3 Å². The summed E-state index contributed by atoms with van der Waals surface area (Å²) in [5, 5.41) is 1.75. The first-order chi connectivity index (χ1) is 14.1. The molecule has 0 aliphatic carbocycles. The number of fused-ring (bicyclic) bond motifs is 1. The third-order valence-electron chi connectivity index (χ3n) is 4.67. The number of hydrogen-bond acceptors (Lipinski definition) is 4. The van der Waals surface area contributed by atoms with E-state index in [-0.39, 0.29) is 11.8 Å². The molecule has 4 rings (SSSR count). The van der Waals surface area contributed by atoms with Gasteiger partial charge in [-0.3, -0.25) is 20.4 Å². The maximum absolute atomic E-state index is 12.7. The van der Waals surface area contributed by atoms with Crippen molar-refractivity contribution in [3.8, 4) is 10.6 Å². The molecule has 0 aliphatic rings. The topological polar surface area (TPSA) is 76.0 Å². The molecule has 2 N–H and O–H groups in total. The van der Waals surface area contributed by atoms with Gasteiger partial charge in [0.25, 0.3) is 11.8 Å². The normalized spacial score (nSPS) is 10.8. The lowest BCUT2D eigenvalue weighted by atomic mass is 10.2. The second kappa shape index (κ2) is 7.89. The van der Waals surface area contributed by atoms with Crippen LogP contribution in [0.15, 0.2) is 60.7 Å². The number of amides is 2. The third kappa shape index (κ3) is 3.64. The summed E-state index contributed by atoms with van der Waals surface area (Å²) in [5.74, 6) is -0.739. The SMILES string of the molecule is CCn1c(C(=O)NNC(=O)c2sc(-c3ccccc3)nc2C)cc2ccccc21. The van der Waals surface area contributed by atoms with Crippen LogP contribution in [0.25, 0.3) is 21.5 Å². The zero-order valence-electron chi connectivity index (χ0n) is 16.1. The van der Waals surface area contributed by atoms with Crippen molar-refractivity contribution >= 4 is 34.1 Å². The fraction of sp³-hybridized carbons (Fsp3) is 0.136. The van der Waals surface area contributed by atoms with Crippen molar-refractivity contribution in [2.45, 2.75) is 20.4 Å². The fourth-order valence-corrected chi connectivity index (χ4v) is 4.25. The van der Waals surface area contributed by atoms with Gasteiger partial charge < -0.3 is 4.57 Å². The lowest BCUT2D eigenvalue weighted by molar-refractivity contribution is 0.0843. The van der Waals surface area contributed by atoms with Crippen LogP contribution >= 0.6 is 11.3 Å². The Morgan fingerprint density at radius 3 is 2.45 bits per heavy atom. The monoisotopic (exact) mass is 404 g/mol. The van der Waals surface area contributed by atoms with E-state index in [0.717, 1.165) is 21.5 Å². The second-order valence-corrected chi connectivity index (χ2v) is 7.54. The van der Waals surface area contributed by atoms with Gasteiger partial charge in [-0.25, -0.2) is 4.98 Å². The minimum atomic E-state index is -0.380. The summed E-state index contributed by atoms with van der Waals surface area (Å²) in [5.41, 5.74) is 8.11. The van der Waals surface area contributed by atoms with Gasteiger partial charge in [0.1, 0.15) is 15.6 Å². The highest BCUT2D eigenvalue weighted by atomic mass is 32.1. The largest absolute Gasteiger partial charge is 0.337 e. The molecule has 7 heteroatoms. The second-order valence-electron chi connectivity index (χ2n) is 6.54. The molecule has 4 aromatic rings. The van der Waals surface area contributed by atoms with Crippen LogP contribution in [0.1, 0.15) is 32.8 Å². The molecule has 2 aromatic heterocycles. The average Bonchev–Trinajstić information content (AvgIpc) is 3.33. The van der Waals surface area contributed by atoms with Crippen molar-refractivity contribution in [2.75, 3.05) is 0 Å². The van der Waals surface area contributed by atoms with E-state index in [1.54, 1.807) is 6.92 Å². The minimum absolute atomic E-state index is 0.359. The maximum Gasteiger partial charge on any atom is 0.286 e. The smallest absolute Gasteiger partial charge is 0.286 e. The summed E-state index contributed by atoms with van der Waals surface area (Å²) in [6.07, 6.45) is 0. The van der Waals surface area contributed by atoms with Crippen LogP contribution in [0.3, 0.4) is 0 Å². The summed E-state index contributed by atoms with van der Waals surface area (Å²) in [6, 6.07) is 19.3. The van der Waals surface area contributed by atoms with Crippen LogP contribution in [-0.2, 0) is 6.54 Å². The molecular weight excluding hydrogens is 384 g/mol. The lowest BCUT2D eigenvalue weighted by Crippen LogP contribution is -2.42. The lowest BCUT2D eigenvalue weighted by Gasteiger charge is -2.09. The van der Waals surface area contributed by atoms with Gasteiger partial charge in [0.2, 0.25) is 0 Å². The van der Waals surface area contributed by atoms with Crippen LogP contribution in [0.2, 0.25) is 0 Å². The van der Waals surface area contributed by atoms with Crippen molar-refractivity contribution in [3.63, 3.8) is 0 Å². The molecule has 0 aliphatic heterocycles. The Morgan fingerprint density at radius 1 is 1.00 bits per heavy atom. The number of carbonyl (C=O) groups is 2. The molecule has 2 aromatic carbocycles. The van der Waals surface area contributed by atoms with Crippen molar-refractivity contribution in [2.24, 2.45) is 0 Å². The van der Waals surface area contributed by atoms with Crippen LogP contribution in [0.4, 0.5) is 0 Å². The van der Waals surface area contributed by atoms with E-state index in [9.17, 15) is 9.59 Å². The number of aryl methyl sites for hydroxylation is 2. The molecule has 0 bridgehead atoms. The predicted molar refractivity (Wildman–Crippen MR) is 115 cm³/mol. The number of thiazole rings is 1. The molecule has 29 heavy (non-hydrogen) atoms. The summed E-state index contributed by atoms with van der Waals surface area (Å²) < 4.78 is 1.92. The summed E-state index contributed by atoms with van der Waals surface area (Å²) in [4.78, 5) is 30.2. The van der Waals surface area contributed by atoms with E-state index in [0.29, 0.717) is 22.8 Å². The number of hydrazine groups is 1. The number of aromatic nitrogens is 2. The Balaban J connectivity index is 1.50. The Morgan fingerprint density at radius 2 is 1.69 bits per heavy atom. The highest BCUT2D eigenvalue weighted by Gasteiger charge is 2.19. The van der Waals surface area contributed by atoms with Crippen LogP contribution in [-0.4, -0.2) is 21.4 Å². The highest BCUT2D eigenvalue weighted by Crippen LogP contribution is 2.27. The molecule has 0 radical (unpaired) electrons. The molecule has 0 atom stereocenters. The van der Waals surface area contributed by atoms with Crippen molar-refractivity contribution in [3.05, 3.63) is 76.9 Å². The summed E-state index contributed by atoms with van der Waals surface area (Å²) >= 11 is 1.30. The predicted octanol–water partition coefficient (Wildman–Crippen LogP) is 4.17. The van der Waals surface area contributed by atoms with Gasteiger partial charge in [-0.2, -0.15) is 0 Å². The molecule has 0 saturated heterocycles.